The lowest BCUT2D eigenvalue weighted by molar-refractivity contribution is -0.126. The molecule has 0 radical (unpaired) electrons. The van der Waals surface area contributed by atoms with E-state index >= 15 is 0 Å². The van der Waals surface area contributed by atoms with Gasteiger partial charge >= 0.3 is 6.18 Å². The van der Waals surface area contributed by atoms with Crippen LogP contribution in [0.2, 0.25) is 0 Å². The molecular weight excluding hydrogens is 373 g/mol. The summed E-state index contributed by atoms with van der Waals surface area (Å²) in [4.78, 5) is 14.3. The molecule has 0 amide bonds. The van der Waals surface area contributed by atoms with Gasteiger partial charge < -0.3 is 9.80 Å². The van der Waals surface area contributed by atoms with Crippen molar-refractivity contribution < 1.29 is 13.2 Å². The number of nitrogens with zero attached hydrogens (tertiary/aromatic N) is 4. The van der Waals surface area contributed by atoms with Crippen LogP contribution in [0.25, 0.3) is 10.2 Å². The molecule has 0 aromatic carbocycles. The van der Waals surface area contributed by atoms with E-state index in [1.54, 1.807) is 6.07 Å². The fourth-order valence-corrected chi connectivity index (χ4v) is 5.43. The summed E-state index contributed by atoms with van der Waals surface area (Å²) < 4.78 is 38.2. The first-order valence-corrected chi connectivity index (χ1v) is 10.4. The maximum Gasteiger partial charge on any atom is 0.393 e. The summed E-state index contributed by atoms with van der Waals surface area (Å²) in [6.07, 6.45) is -1.30. The standard InChI is InChI=1S/C19H25F3N4S/c1-3-13(2)8-25-9-18(10-25)4-5-26(11-18)16-15-6-14(7-19(20,21)22)27-17(15)24-12-23-16/h6,12-13H,3-5,7-11H2,1-2H3. The Morgan fingerprint density at radius 3 is 2.74 bits per heavy atom. The average molecular weight is 398 g/mol. The van der Waals surface area contributed by atoms with Gasteiger partial charge in [0.2, 0.25) is 0 Å². The molecule has 0 N–H and O–H groups in total. The highest BCUT2D eigenvalue weighted by atomic mass is 32.1. The number of hydrogen-bond donors (Lipinski definition) is 0. The summed E-state index contributed by atoms with van der Waals surface area (Å²) in [6.45, 7) is 9.75. The van der Waals surface area contributed by atoms with E-state index in [9.17, 15) is 13.2 Å². The van der Waals surface area contributed by atoms with E-state index in [1.807, 2.05) is 0 Å². The van der Waals surface area contributed by atoms with Crippen molar-refractivity contribution in [1.82, 2.24) is 14.9 Å². The predicted molar refractivity (Wildman–Crippen MR) is 102 cm³/mol. The topological polar surface area (TPSA) is 32.3 Å². The predicted octanol–water partition coefficient (Wildman–Crippen LogP) is 4.35. The van der Waals surface area contributed by atoms with Gasteiger partial charge in [0.1, 0.15) is 17.0 Å². The molecule has 0 aliphatic carbocycles. The number of alkyl halides is 3. The van der Waals surface area contributed by atoms with Crippen molar-refractivity contribution in [2.75, 3.05) is 37.6 Å². The van der Waals surface area contributed by atoms with E-state index in [0.29, 0.717) is 15.1 Å². The highest BCUT2D eigenvalue weighted by Crippen LogP contribution is 2.43. The highest BCUT2D eigenvalue weighted by molar-refractivity contribution is 7.18. The van der Waals surface area contributed by atoms with Crippen molar-refractivity contribution in [3.05, 3.63) is 17.3 Å². The van der Waals surface area contributed by atoms with Crippen LogP contribution in [0.3, 0.4) is 0 Å². The van der Waals surface area contributed by atoms with E-state index in [1.165, 1.54) is 12.7 Å². The monoisotopic (exact) mass is 398 g/mol. The molecule has 4 rings (SSSR count). The Bertz CT molecular complexity index is 813. The van der Waals surface area contributed by atoms with Crippen LogP contribution in [0.5, 0.6) is 0 Å². The quantitative estimate of drug-likeness (QED) is 0.749. The summed E-state index contributed by atoms with van der Waals surface area (Å²) in [5, 5.41) is 0.759. The molecular formula is C19H25F3N4S. The number of halogens is 3. The van der Waals surface area contributed by atoms with Crippen molar-refractivity contribution >= 4 is 27.4 Å². The Balaban J connectivity index is 1.48. The summed E-state index contributed by atoms with van der Waals surface area (Å²) >= 11 is 1.12. The lowest BCUT2D eigenvalue weighted by Crippen LogP contribution is -2.58. The van der Waals surface area contributed by atoms with Crippen molar-refractivity contribution in [3.8, 4) is 0 Å². The molecule has 148 valence electrons. The van der Waals surface area contributed by atoms with E-state index in [-0.39, 0.29) is 0 Å². The number of hydrogen-bond acceptors (Lipinski definition) is 5. The third-order valence-corrected chi connectivity index (χ3v) is 6.90. The molecule has 2 aliphatic heterocycles. The smallest absolute Gasteiger partial charge is 0.355 e. The lowest BCUT2D eigenvalue weighted by atomic mass is 9.78. The van der Waals surface area contributed by atoms with Gasteiger partial charge in [0.15, 0.2) is 0 Å². The molecule has 2 saturated heterocycles. The maximum atomic E-state index is 12.7. The number of thiophene rings is 1. The van der Waals surface area contributed by atoms with Crippen LogP contribution >= 0.6 is 11.3 Å². The number of fused-ring (bicyclic) bond motifs is 1. The largest absolute Gasteiger partial charge is 0.393 e. The van der Waals surface area contributed by atoms with Crippen LogP contribution in [0.4, 0.5) is 19.0 Å². The van der Waals surface area contributed by atoms with Gasteiger partial charge in [-0.05, 0) is 18.4 Å². The van der Waals surface area contributed by atoms with Gasteiger partial charge in [-0.15, -0.1) is 11.3 Å². The van der Waals surface area contributed by atoms with Crippen LogP contribution in [-0.4, -0.2) is 53.8 Å². The molecule has 2 aliphatic rings. The summed E-state index contributed by atoms with van der Waals surface area (Å²) in [5.41, 5.74) is 0.315. The highest BCUT2D eigenvalue weighted by Gasteiger charge is 2.48. The van der Waals surface area contributed by atoms with Gasteiger partial charge in [0.25, 0.3) is 0 Å². The Kier molecular flexibility index (Phi) is 4.83. The first kappa shape index (κ1) is 18.9. The van der Waals surface area contributed by atoms with Gasteiger partial charge in [-0.25, -0.2) is 9.97 Å². The van der Waals surface area contributed by atoms with Gasteiger partial charge in [-0.3, -0.25) is 0 Å². The number of anilines is 1. The van der Waals surface area contributed by atoms with Gasteiger partial charge in [-0.1, -0.05) is 20.3 Å². The Morgan fingerprint density at radius 1 is 1.26 bits per heavy atom. The second-order valence-corrected chi connectivity index (χ2v) is 9.39. The summed E-state index contributed by atoms with van der Waals surface area (Å²) in [6, 6.07) is 1.63. The Morgan fingerprint density at radius 2 is 2.04 bits per heavy atom. The molecule has 4 heterocycles. The third-order valence-electron chi connectivity index (χ3n) is 5.86. The van der Waals surface area contributed by atoms with Crippen molar-refractivity contribution in [1.29, 1.82) is 0 Å². The van der Waals surface area contributed by atoms with Crippen LogP contribution in [0.15, 0.2) is 12.4 Å². The zero-order valence-electron chi connectivity index (χ0n) is 15.7. The summed E-state index contributed by atoms with van der Waals surface area (Å²) in [7, 11) is 0. The van der Waals surface area contributed by atoms with Gasteiger partial charge in [-0.2, -0.15) is 13.2 Å². The normalized spacial score (nSPS) is 21.1. The van der Waals surface area contributed by atoms with Gasteiger partial charge in [0, 0.05) is 43.0 Å². The zero-order chi connectivity index (χ0) is 19.2. The number of aromatic nitrogens is 2. The molecule has 2 fully saturated rings. The fraction of sp³-hybridized carbons (Fsp3) is 0.684. The fourth-order valence-electron chi connectivity index (χ4n) is 4.40. The van der Waals surface area contributed by atoms with Crippen LogP contribution in [0, 0.1) is 11.3 Å². The molecule has 2 aromatic heterocycles. The SMILES string of the molecule is CCC(C)CN1CC2(CCN(c3ncnc4sc(CC(F)(F)F)cc34)C2)C1. The van der Waals surface area contributed by atoms with E-state index < -0.39 is 12.6 Å². The van der Waals surface area contributed by atoms with Crippen LogP contribution < -0.4 is 4.90 Å². The molecule has 1 unspecified atom stereocenters. The molecule has 27 heavy (non-hydrogen) atoms. The minimum atomic E-state index is -4.20. The zero-order valence-corrected chi connectivity index (χ0v) is 16.5. The molecule has 0 saturated carbocycles. The minimum Gasteiger partial charge on any atom is -0.355 e. The molecule has 1 atom stereocenters. The minimum absolute atomic E-state index is 0.302. The molecule has 4 nitrogen and oxygen atoms in total. The lowest BCUT2D eigenvalue weighted by Gasteiger charge is -2.49. The molecule has 2 aromatic rings. The van der Waals surface area contributed by atoms with Gasteiger partial charge in [0.05, 0.1) is 11.8 Å². The van der Waals surface area contributed by atoms with Crippen molar-refractivity contribution in [2.24, 2.45) is 11.3 Å². The van der Waals surface area contributed by atoms with E-state index in [4.69, 9.17) is 0 Å². The van der Waals surface area contributed by atoms with Crippen LogP contribution in [0.1, 0.15) is 31.6 Å². The van der Waals surface area contributed by atoms with Crippen LogP contribution in [-0.2, 0) is 6.42 Å². The first-order chi connectivity index (χ1) is 12.8. The Hall–Kier alpha value is -1.41. The molecule has 8 heteroatoms. The number of rotatable bonds is 5. The second kappa shape index (κ2) is 6.88. The number of likely N-dealkylation sites (tertiary alicyclic amines) is 1. The Labute approximate surface area is 161 Å². The second-order valence-electron chi connectivity index (χ2n) is 8.28. The molecule has 0 bridgehead atoms. The van der Waals surface area contributed by atoms with Crippen molar-refractivity contribution in [3.63, 3.8) is 0 Å². The van der Waals surface area contributed by atoms with E-state index in [0.717, 1.165) is 67.6 Å². The third kappa shape index (κ3) is 3.92. The first-order valence-electron chi connectivity index (χ1n) is 9.54. The summed E-state index contributed by atoms with van der Waals surface area (Å²) in [5.74, 6) is 1.51. The van der Waals surface area contributed by atoms with E-state index in [2.05, 4.69) is 33.6 Å². The maximum absolute atomic E-state index is 12.7. The van der Waals surface area contributed by atoms with Crippen molar-refractivity contribution in [2.45, 2.75) is 39.3 Å². The molecule has 1 spiro atoms. The average Bonchev–Trinajstić information content (AvgIpc) is 3.16.